The lowest BCUT2D eigenvalue weighted by atomic mass is 10.1. The summed E-state index contributed by atoms with van der Waals surface area (Å²) in [6.45, 7) is 3.52. The number of nitrogens with zero attached hydrogens (tertiary/aromatic N) is 1. The van der Waals surface area contributed by atoms with Gasteiger partial charge in [-0.1, -0.05) is 22.6 Å². The Kier molecular flexibility index (Phi) is 3.47. The van der Waals surface area contributed by atoms with E-state index in [1.54, 1.807) is 11.4 Å². The fourth-order valence-electron chi connectivity index (χ4n) is 2.21. The van der Waals surface area contributed by atoms with Crippen molar-refractivity contribution in [3.8, 4) is 0 Å². The maximum absolute atomic E-state index is 2.55. The Morgan fingerprint density at radius 2 is 2.29 bits per heavy atom. The van der Waals surface area contributed by atoms with Gasteiger partial charge in [0.05, 0.1) is 0 Å². The van der Waals surface area contributed by atoms with Crippen LogP contribution in [0.2, 0.25) is 0 Å². The lowest BCUT2D eigenvalue weighted by Gasteiger charge is -2.19. The van der Waals surface area contributed by atoms with Gasteiger partial charge < -0.3 is 4.57 Å². The third-order valence-corrected chi connectivity index (χ3v) is 4.21. The zero-order chi connectivity index (χ0) is 10.1. The molecule has 0 amide bonds. The molecule has 1 aromatic rings. The molecule has 0 saturated heterocycles. The minimum Gasteiger partial charge on any atom is -0.347 e. The average Bonchev–Trinajstić information content (AvgIpc) is 2.55. The predicted octanol–water partition coefficient (Wildman–Crippen LogP) is 4.04. The number of thioether (sulfide) groups is 1. The van der Waals surface area contributed by atoms with Crippen molar-refractivity contribution in [3.05, 3.63) is 17.5 Å². The van der Waals surface area contributed by atoms with Crippen LogP contribution in [0.5, 0.6) is 0 Å². The van der Waals surface area contributed by atoms with Gasteiger partial charge >= 0.3 is 0 Å². The molecule has 0 aliphatic carbocycles. The van der Waals surface area contributed by atoms with Crippen LogP contribution in [0.3, 0.4) is 0 Å². The SMILES string of the molecule is CSc1cc2n(c1C(C)I)CCCC2. The third-order valence-electron chi connectivity index (χ3n) is 2.85. The monoisotopic (exact) mass is 321 g/mol. The van der Waals surface area contributed by atoms with Gasteiger partial charge in [0.1, 0.15) is 0 Å². The minimum atomic E-state index is 0.627. The van der Waals surface area contributed by atoms with E-state index >= 15 is 0 Å². The quantitative estimate of drug-likeness (QED) is 0.452. The molecule has 1 aliphatic heterocycles. The van der Waals surface area contributed by atoms with E-state index in [0.717, 1.165) is 0 Å². The summed E-state index contributed by atoms with van der Waals surface area (Å²) >= 11 is 4.42. The van der Waals surface area contributed by atoms with E-state index in [4.69, 9.17) is 0 Å². The number of hydrogen-bond acceptors (Lipinski definition) is 1. The summed E-state index contributed by atoms with van der Waals surface area (Å²) in [5.74, 6) is 0. The summed E-state index contributed by atoms with van der Waals surface area (Å²) in [5, 5.41) is 0. The van der Waals surface area contributed by atoms with Crippen molar-refractivity contribution in [1.82, 2.24) is 4.57 Å². The zero-order valence-corrected chi connectivity index (χ0v) is 11.7. The molecule has 0 spiro atoms. The molecule has 14 heavy (non-hydrogen) atoms. The van der Waals surface area contributed by atoms with Crippen molar-refractivity contribution in [2.45, 2.75) is 41.6 Å². The topological polar surface area (TPSA) is 4.93 Å². The van der Waals surface area contributed by atoms with Gasteiger partial charge in [0.25, 0.3) is 0 Å². The molecule has 1 aliphatic rings. The molecular weight excluding hydrogens is 305 g/mol. The Balaban J connectivity index is 2.48. The van der Waals surface area contributed by atoms with Crippen LogP contribution in [0.25, 0.3) is 0 Å². The van der Waals surface area contributed by atoms with Crippen molar-refractivity contribution in [2.24, 2.45) is 0 Å². The molecule has 0 saturated carbocycles. The van der Waals surface area contributed by atoms with Crippen molar-refractivity contribution < 1.29 is 0 Å². The number of fused-ring (bicyclic) bond motifs is 1. The van der Waals surface area contributed by atoms with Crippen LogP contribution in [0.15, 0.2) is 11.0 Å². The highest BCUT2D eigenvalue weighted by Crippen LogP contribution is 2.36. The molecular formula is C11H16INS. The molecule has 0 fully saturated rings. The summed E-state index contributed by atoms with van der Waals surface area (Å²) in [7, 11) is 0. The molecule has 0 radical (unpaired) electrons. The first kappa shape index (κ1) is 10.9. The zero-order valence-electron chi connectivity index (χ0n) is 8.72. The number of halogens is 1. The molecule has 0 N–H and O–H groups in total. The van der Waals surface area contributed by atoms with Crippen LogP contribution in [0, 0.1) is 0 Å². The minimum absolute atomic E-state index is 0.627. The number of hydrogen-bond donors (Lipinski definition) is 0. The van der Waals surface area contributed by atoms with Gasteiger partial charge in [-0.05, 0) is 38.5 Å². The normalized spacial score (nSPS) is 17.9. The lowest BCUT2D eigenvalue weighted by molar-refractivity contribution is 0.518. The van der Waals surface area contributed by atoms with Crippen molar-refractivity contribution >= 4 is 34.4 Å². The molecule has 1 nitrogen and oxygen atoms in total. The van der Waals surface area contributed by atoms with Crippen LogP contribution in [0.4, 0.5) is 0 Å². The second-order valence-corrected chi connectivity index (χ2v) is 6.53. The van der Waals surface area contributed by atoms with Crippen molar-refractivity contribution in [1.29, 1.82) is 0 Å². The molecule has 78 valence electrons. The maximum Gasteiger partial charge on any atom is 0.0495 e. The van der Waals surface area contributed by atoms with Gasteiger partial charge in [-0.25, -0.2) is 0 Å². The predicted molar refractivity (Wildman–Crippen MR) is 71.6 cm³/mol. The second-order valence-electron chi connectivity index (χ2n) is 3.81. The van der Waals surface area contributed by atoms with Crippen LogP contribution in [0.1, 0.15) is 35.1 Å². The molecule has 1 unspecified atom stereocenters. The van der Waals surface area contributed by atoms with Crippen LogP contribution in [-0.4, -0.2) is 10.8 Å². The Bertz CT molecular complexity index is 330. The highest BCUT2D eigenvalue weighted by atomic mass is 127. The standard InChI is InChI=1S/C11H16INS/c1-8(12)11-10(14-2)7-9-5-3-4-6-13(9)11/h7-8H,3-6H2,1-2H3. The number of aromatic nitrogens is 1. The fourth-order valence-corrected chi connectivity index (χ4v) is 3.85. The largest absolute Gasteiger partial charge is 0.347 e. The third kappa shape index (κ3) is 1.85. The maximum atomic E-state index is 2.55. The Labute approximate surface area is 104 Å². The number of rotatable bonds is 2. The van der Waals surface area contributed by atoms with Crippen LogP contribution >= 0.6 is 34.4 Å². The van der Waals surface area contributed by atoms with E-state index in [1.807, 2.05) is 11.8 Å². The highest BCUT2D eigenvalue weighted by Gasteiger charge is 2.19. The molecule has 3 heteroatoms. The fraction of sp³-hybridized carbons (Fsp3) is 0.636. The number of aryl methyl sites for hydroxylation is 1. The van der Waals surface area contributed by atoms with Gasteiger partial charge in [-0.2, -0.15) is 0 Å². The molecule has 2 rings (SSSR count). The van der Waals surface area contributed by atoms with Gasteiger partial charge in [-0.15, -0.1) is 11.8 Å². The van der Waals surface area contributed by atoms with Crippen molar-refractivity contribution in [3.63, 3.8) is 0 Å². The average molecular weight is 321 g/mol. The summed E-state index contributed by atoms with van der Waals surface area (Å²) in [5.41, 5.74) is 3.10. The highest BCUT2D eigenvalue weighted by molar-refractivity contribution is 14.1. The first-order chi connectivity index (χ1) is 6.74. The molecule has 1 atom stereocenters. The molecule has 0 aromatic carbocycles. The first-order valence-electron chi connectivity index (χ1n) is 5.14. The van der Waals surface area contributed by atoms with Crippen molar-refractivity contribution in [2.75, 3.05) is 6.26 Å². The molecule has 2 heterocycles. The molecule has 1 aromatic heterocycles. The first-order valence-corrected chi connectivity index (χ1v) is 7.61. The van der Waals surface area contributed by atoms with E-state index in [2.05, 4.69) is 46.4 Å². The van der Waals surface area contributed by atoms with Gasteiger partial charge in [0.2, 0.25) is 0 Å². The van der Waals surface area contributed by atoms with Crippen LogP contribution in [-0.2, 0) is 13.0 Å². The Morgan fingerprint density at radius 3 is 2.93 bits per heavy atom. The van der Waals surface area contributed by atoms with E-state index in [-0.39, 0.29) is 0 Å². The smallest absolute Gasteiger partial charge is 0.0495 e. The summed E-state index contributed by atoms with van der Waals surface area (Å²) < 4.78 is 3.17. The van der Waals surface area contributed by atoms with Gasteiger partial charge in [0, 0.05) is 26.8 Å². The number of alkyl halides is 1. The van der Waals surface area contributed by atoms with Gasteiger partial charge in [-0.3, -0.25) is 0 Å². The van der Waals surface area contributed by atoms with E-state index in [9.17, 15) is 0 Å². The summed E-state index contributed by atoms with van der Waals surface area (Å²) in [4.78, 5) is 1.49. The Morgan fingerprint density at radius 1 is 1.50 bits per heavy atom. The van der Waals surface area contributed by atoms with Crippen LogP contribution < -0.4 is 0 Å². The lowest BCUT2D eigenvalue weighted by Crippen LogP contribution is -2.12. The summed E-state index contributed by atoms with van der Waals surface area (Å²) in [6.07, 6.45) is 6.18. The van der Waals surface area contributed by atoms with E-state index in [1.165, 1.54) is 30.7 Å². The summed E-state index contributed by atoms with van der Waals surface area (Å²) in [6, 6.07) is 2.40. The Hall–Kier alpha value is 0.360. The van der Waals surface area contributed by atoms with E-state index in [0.29, 0.717) is 3.92 Å². The second kappa shape index (κ2) is 4.47. The van der Waals surface area contributed by atoms with Gasteiger partial charge in [0.15, 0.2) is 0 Å². The molecule has 0 bridgehead atoms. The van der Waals surface area contributed by atoms with E-state index < -0.39 is 0 Å².